The van der Waals surface area contributed by atoms with E-state index in [0.29, 0.717) is 11.6 Å². The zero-order chi connectivity index (χ0) is 12.7. The summed E-state index contributed by atoms with van der Waals surface area (Å²) in [6.45, 7) is 10.3. The quantitative estimate of drug-likeness (QED) is 0.563. The van der Waals surface area contributed by atoms with Crippen molar-refractivity contribution in [1.82, 2.24) is 10.2 Å². The SMILES string of the molecule is C#CCCCN1CC(CC)(CC)NCC1CC. The topological polar surface area (TPSA) is 15.3 Å². The molecule has 0 aliphatic carbocycles. The zero-order valence-electron chi connectivity index (χ0n) is 11.8. The highest BCUT2D eigenvalue weighted by Crippen LogP contribution is 2.24. The molecule has 98 valence electrons. The molecule has 1 aliphatic rings. The van der Waals surface area contributed by atoms with E-state index in [9.17, 15) is 0 Å². The summed E-state index contributed by atoms with van der Waals surface area (Å²) < 4.78 is 0. The Hall–Kier alpha value is -0.520. The van der Waals surface area contributed by atoms with E-state index in [1.807, 2.05) is 0 Å². The predicted molar refractivity (Wildman–Crippen MR) is 75.0 cm³/mol. The summed E-state index contributed by atoms with van der Waals surface area (Å²) in [5.41, 5.74) is 0.335. The molecule has 0 bridgehead atoms. The maximum absolute atomic E-state index is 5.34. The van der Waals surface area contributed by atoms with Crippen molar-refractivity contribution >= 4 is 0 Å². The van der Waals surface area contributed by atoms with Gasteiger partial charge in [0, 0.05) is 31.1 Å². The van der Waals surface area contributed by atoms with Gasteiger partial charge in [-0.25, -0.2) is 0 Å². The van der Waals surface area contributed by atoms with E-state index in [1.165, 1.54) is 25.8 Å². The normalized spacial score (nSPS) is 24.5. The fourth-order valence-corrected chi connectivity index (χ4v) is 2.81. The molecule has 0 aromatic heterocycles. The average molecular weight is 236 g/mol. The molecule has 2 nitrogen and oxygen atoms in total. The summed E-state index contributed by atoms with van der Waals surface area (Å²) in [6, 6.07) is 0.694. The van der Waals surface area contributed by atoms with Gasteiger partial charge in [-0.15, -0.1) is 12.3 Å². The maximum atomic E-state index is 5.34. The standard InChI is InChI=1S/C15H28N2/c1-5-9-10-11-17-13-15(7-3,8-4)16-12-14(17)6-2/h1,14,16H,6-13H2,2-4H3. The van der Waals surface area contributed by atoms with Crippen LogP contribution < -0.4 is 5.32 Å². The van der Waals surface area contributed by atoms with Crippen LogP contribution in [0.15, 0.2) is 0 Å². The van der Waals surface area contributed by atoms with Crippen molar-refractivity contribution < 1.29 is 0 Å². The smallest absolute Gasteiger partial charge is 0.0304 e. The molecule has 17 heavy (non-hydrogen) atoms. The van der Waals surface area contributed by atoms with E-state index in [-0.39, 0.29) is 0 Å². The third kappa shape index (κ3) is 3.72. The number of rotatable bonds is 6. The van der Waals surface area contributed by atoms with Gasteiger partial charge in [-0.05, 0) is 32.2 Å². The maximum Gasteiger partial charge on any atom is 0.0304 e. The number of nitrogens with zero attached hydrogens (tertiary/aromatic N) is 1. The van der Waals surface area contributed by atoms with Gasteiger partial charge < -0.3 is 5.32 Å². The van der Waals surface area contributed by atoms with Crippen LogP contribution in [-0.4, -0.2) is 36.1 Å². The van der Waals surface area contributed by atoms with Gasteiger partial charge in [0.05, 0.1) is 0 Å². The molecule has 0 saturated carbocycles. The molecule has 1 N–H and O–H groups in total. The molecule has 1 unspecified atom stereocenters. The Labute approximate surface area is 107 Å². The molecule has 1 fully saturated rings. The Morgan fingerprint density at radius 1 is 1.35 bits per heavy atom. The van der Waals surface area contributed by atoms with Gasteiger partial charge in [-0.1, -0.05) is 20.8 Å². The molecule has 2 heteroatoms. The number of nitrogens with one attached hydrogen (secondary N) is 1. The monoisotopic (exact) mass is 236 g/mol. The van der Waals surface area contributed by atoms with E-state index in [0.717, 1.165) is 25.9 Å². The molecular weight excluding hydrogens is 208 g/mol. The molecule has 1 rings (SSSR count). The highest BCUT2D eigenvalue weighted by Gasteiger charge is 2.35. The van der Waals surface area contributed by atoms with E-state index >= 15 is 0 Å². The van der Waals surface area contributed by atoms with Crippen molar-refractivity contribution in [1.29, 1.82) is 0 Å². The van der Waals surface area contributed by atoms with Gasteiger partial charge in [0.15, 0.2) is 0 Å². The Kier molecular flexibility index (Phi) is 6.02. The minimum Gasteiger partial charge on any atom is -0.308 e. The third-order valence-corrected chi connectivity index (χ3v) is 4.33. The minimum atomic E-state index is 0.335. The summed E-state index contributed by atoms with van der Waals surface area (Å²) in [5.74, 6) is 2.75. The second-order valence-corrected chi connectivity index (χ2v) is 5.21. The van der Waals surface area contributed by atoms with Gasteiger partial charge in [0.1, 0.15) is 0 Å². The lowest BCUT2D eigenvalue weighted by molar-refractivity contribution is 0.0700. The zero-order valence-corrected chi connectivity index (χ0v) is 11.8. The van der Waals surface area contributed by atoms with Crippen LogP contribution in [0, 0.1) is 12.3 Å². The van der Waals surface area contributed by atoms with Crippen LogP contribution in [0.4, 0.5) is 0 Å². The van der Waals surface area contributed by atoms with E-state index in [1.54, 1.807) is 0 Å². The molecule has 1 atom stereocenters. The summed E-state index contributed by atoms with van der Waals surface area (Å²) in [4.78, 5) is 2.65. The molecule has 1 aliphatic heterocycles. The molecule has 0 amide bonds. The first-order valence-electron chi connectivity index (χ1n) is 7.13. The van der Waals surface area contributed by atoms with Crippen molar-refractivity contribution in [2.75, 3.05) is 19.6 Å². The number of hydrogen-bond acceptors (Lipinski definition) is 2. The largest absolute Gasteiger partial charge is 0.308 e. The van der Waals surface area contributed by atoms with E-state index < -0.39 is 0 Å². The van der Waals surface area contributed by atoms with Crippen LogP contribution in [0.1, 0.15) is 52.9 Å². The predicted octanol–water partition coefficient (Wildman–Crippen LogP) is 2.64. The van der Waals surface area contributed by atoms with E-state index in [2.05, 4.69) is 36.9 Å². The summed E-state index contributed by atoms with van der Waals surface area (Å²) in [7, 11) is 0. The van der Waals surface area contributed by atoms with Crippen LogP contribution in [0.2, 0.25) is 0 Å². The van der Waals surface area contributed by atoms with Crippen molar-refractivity contribution in [3.8, 4) is 12.3 Å². The van der Waals surface area contributed by atoms with Crippen molar-refractivity contribution in [3.05, 3.63) is 0 Å². The first-order valence-corrected chi connectivity index (χ1v) is 7.13. The van der Waals surface area contributed by atoms with Crippen LogP contribution in [-0.2, 0) is 0 Å². The summed E-state index contributed by atoms with van der Waals surface area (Å²) in [5, 5.41) is 3.77. The van der Waals surface area contributed by atoms with Crippen LogP contribution in [0.5, 0.6) is 0 Å². The Morgan fingerprint density at radius 2 is 2.06 bits per heavy atom. The molecule has 0 spiro atoms. The number of hydrogen-bond donors (Lipinski definition) is 1. The summed E-state index contributed by atoms with van der Waals surface area (Å²) >= 11 is 0. The number of piperazine rings is 1. The summed E-state index contributed by atoms with van der Waals surface area (Å²) in [6.07, 6.45) is 11.0. The Bertz CT molecular complexity index is 250. The van der Waals surface area contributed by atoms with Gasteiger partial charge in [0.2, 0.25) is 0 Å². The van der Waals surface area contributed by atoms with Gasteiger partial charge >= 0.3 is 0 Å². The Morgan fingerprint density at radius 3 is 2.59 bits per heavy atom. The van der Waals surface area contributed by atoms with Crippen LogP contribution in [0.3, 0.4) is 0 Å². The van der Waals surface area contributed by atoms with E-state index in [4.69, 9.17) is 6.42 Å². The average Bonchev–Trinajstić information content (AvgIpc) is 2.39. The third-order valence-electron chi connectivity index (χ3n) is 4.33. The second kappa shape index (κ2) is 7.03. The van der Waals surface area contributed by atoms with Gasteiger partial charge in [-0.3, -0.25) is 4.90 Å². The fourth-order valence-electron chi connectivity index (χ4n) is 2.81. The Balaban J connectivity index is 2.58. The minimum absolute atomic E-state index is 0.335. The molecule has 0 aromatic carbocycles. The van der Waals surface area contributed by atoms with Crippen LogP contribution in [0.25, 0.3) is 0 Å². The van der Waals surface area contributed by atoms with Crippen molar-refractivity contribution in [2.24, 2.45) is 0 Å². The van der Waals surface area contributed by atoms with Crippen molar-refractivity contribution in [3.63, 3.8) is 0 Å². The molecule has 1 heterocycles. The lowest BCUT2D eigenvalue weighted by atomic mass is 9.88. The first-order chi connectivity index (χ1) is 8.21. The van der Waals surface area contributed by atoms with Gasteiger partial charge in [0.25, 0.3) is 0 Å². The molecule has 0 radical (unpaired) electrons. The first kappa shape index (κ1) is 14.5. The fraction of sp³-hybridized carbons (Fsp3) is 0.867. The number of unbranched alkanes of at least 4 members (excludes halogenated alkanes) is 1. The molecular formula is C15H28N2. The molecule has 1 saturated heterocycles. The lowest BCUT2D eigenvalue weighted by Gasteiger charge is -2.47. The lowest BCUT2D eigenvalue weighted by Crippen LogP contribution is -2.63. The highest BCUT2D eigenvalue weighted by atomic mass is 15.2. The number of terminal acetylenes is 1. The van der Waals surface area contributed by atoms with Gasteiger partial charge in [-0.2, -0.15) is 0 Å². The second-order valence-electron chi connectivity index (χ2n) is 5.21. The van der Waals surface area contributed by atoms with Crippen molar-refractivity contribution in [2.45, 2.75) is 64.5 Å². The highest BCUT2D eigenvalue weighted by molar-refractivity contribution is 4.96. The van der Waals surface area contributed by atoms with Crippen LogP contribution >= 0.6 is 0 Å². The molecule has 0 aromatic rings.